The lowest BCUT2D eigenvalue weighted by molar-refractivity contribution is 0.371. The van der Waals surface area contributed by atoms with Crippen molar-refractivity contribution in [3.8, 4) is 23.6 Å². The van der Waals surface area contributed by atoms with Gasteiger partial charge in [0.05, 0.1) is 17.6 Å². The van der Waals surface area contributed by atoms with Crippen molar-refractivity contribution in [3.05, 3.63) is 47.0 Å². The molecular formula is C16H12N2O2S. The quantitative estimate of drug-likeness (QED) is 0.936. The number of aromatic hydroxyl groups is 1. The first-order valence-corrected chi connectivity index (χ1v) is 6.91. The van der Waals surface area contributed by atoms with Gasteiger partial charge in [-0.2, -0.15) is 10.5 Å². The Morgan fingerprint density at radius 2 is 1.81 bits per heavy atom. The SMILES string of the molecule is COc1cc(C#N)c(Sc2ccc(C)cc2)c(C#N)c1O. The van der Waals surface area contributed by atoms with Gasteiger partial charge in [0.1, 0.15) is 17.7 Å². The largest absolute Gasteiger partial charge is 0.503 e. The van der Waals surface area contributed by atoms with Crippen molar-refractivity contribution in [1.82, 2.24) is 0 Å². The summed E-state index contributed by atoms with van der Waals surface area (Å²) in [6, 6.07) is 13.1. The number of nitrogens with zero attached hydrogens (tertiary/aromatic N) is 2. The molecule has 0 spiro atoms. The summed E-state index contributed by atoms with van der Waals surface area (Å²) < 4.78 is 4.99. The minimum atomic E-state index is -0.242. The Bertz CT molecular complexity index is 756. The molecule has 0 atom stereocenters. The summed E-state index contributed by atoms with van der Waals surface area (Å²) in [5.41, 5.74) is 1.47. The Morgan fingerprint density at radius 3 is 2.33 bits per heavy atom. The van der Waals surface area contributed by atoms with Crippen LogP contribution in [0.2, 0.25) is 0 Å². The molecule has 0 radical (unpaired) electrons. The third-order valence-electron chi connectivity index (χ3n) is 2.91. The third-order valence-corrected chi connectivity index (χ3v) is 4.05. The maximum Gasteiger partial charge on any atom is 0.177 e. The van der Waals surface area contributed by atoms with E-state index < -0.39 is 0 Å². The van der Waals surface area contributed by atoms with Gasteiger partial charge in [0.25, 0.3) is 0 Å². The minimum absolute atomic E-state index is 0.0523. The van der Waals surface area contributed by atoms with Gasteiger partial charge in [-0.25, -0.2) is 0 Å². The second-order valence-electron chi connectivity index (χ2n) is 4.32. The molecule has 0 unspecified atom stereocenters. The molecule has 1 N–H and O–H groups in total. The number of rotatable bonds is 3. The highest BCUT2D eigenvalue weighted by Gasteiger charge is 2.19. The van der Waals surface area contributed by atoms with Crippen molar-refractivity contribution < 1.29 is 9.84 Å². The second kappa shape index (κ2) is 6.21. The highest BCUT2D eigenvalue weighted by molar-refractivity contribution is 7.99. The van der Waals surface area contributed by atoms with Crippen molar-refractivity contribution >= 4 is 11.8 Å². The fourth-order valence-electron chi connectivity index (χ4n) is 1.80. The van der Waals surface area contributed by atoms with Crippen molar-refractivity contribution in [2.24, 2.45) is 0 Å². The van der Waals surface area contributed by atoms with Crippen molar-refractivity contribution in [3.63, 3.8) is 0 Å². The first kappa shape index (κ1) is 14.8. The summed E-state index contributed by atoms with van der Waals surface area (Å²) in [4.78, 5) is 1.32. The molecule has 0 saturated carbocycles. The summed E-state index contributed by atoms with van der Waals surface area (Å²) in [5, 5.41) is 28.6. The van der Waals surface area contributed by atoms with Crippen LogP contribution in [-0.2, 0) is 0 Å². The van der Waals surface area contributed by atoms with E-state index in [1.807, 2.05) is 43.3 Å². The third kappa shape index (κ3) is 2.94. The number of nitriles is 2. The van der Waals surface area contributed by atoms with Gasteiger partial charge in [-0.15, -0.1) is 0 Å². The zero-order chi connectivity index (χ0) is 15.4. The van der Waals surface area contributed by atoms with E-state index in [0.29, 0.717) is 10.5 Å². The molecule has 0 aliphatic carbocycles. The predicted molar refractivity (Wildman–Crippen MR) is 79.4 cm³/mol. The monoisotopic (exact) mass is 296 g/mol. The van der Waals surface area contributed by atoms with Gasteiger partial charge < -0.3 is 9.84 Å². The summed E-state index contributed by atoms with van der Waals surface area (Å²) >= 11 is 1.27. The molecule has 0 saturated heterocycles. The van der Waals surface area contributed by atoms with Crippen LogP contribution in [0.5, 0.6) is 11.5 Å². The molecular weight excluding hydrogens is 284 g/mol. The van der Waals surface area contributed by atoms with E-state index in [2.05, 4.69) is 0 Å². The van der Waals surface area contributed by atoms with Gasteiger partial charge >= 0.3 is 0 Å². The average molecular weight is 296 g/mol. The standard InChI is InChI=1S/C16H12N2O2S/c1-10-3-5-12(6-4-10)21-16-11(8-17)7-14(20-2)15(19)13(16)9-18/h3-7,19H,1-2H3. The maximum atomic E-state index is 10.0. The first-order chi connectivity index (χ1) is 10.1. The number of benzene rings is 2. The van der Waals surface area contributed by atoms with Crippen LogP contribution in [0, 0.1) is 29.6 Å². The van der Waals surface area contributed by atoms with Crippen LogP contribution in [0.3, 0.4) is 0 Å². The number of aryl methyl sites for hydroxylation is 1. The Morgan fingerprint density at radius 1 is 1.14 bits per heavy atom. The molecule has 0 bridgehead atoms. The first-order valence-electron chi connectivity index (χ1n) is 6.09. The van der Waals surface area contributed by atoms with Crippen LogP contribution < -0.4 is 4.74 Å². The lowest BCUT2D eigenvalue weighted by atomic mass is 10.1. The average Bonchev–Trinajstić information content (AvgIpc) is 2.50. The highest BCUT2D eigenvalue weighted by atomic mass is 32.2. The van der Waals surface area contributed by atoms with Gasteiger partial charge in [0.2, 0.25) is 0 Å². The number of phenols is 1. The molecule has 4 nitrogen and oxygen atoms in total. The molecule has 21 heavy (non-hydrogen) atoms. The van der Waals surface area contributed by atoms with E-state index in [9.17, 15) is 15.6 Å². The number of hydrogen-bond donors (Lipinski definition) is 1. The molecule has 0 heterocycles. The minimum Gasteiger partial charge on any atom is -0.503 e. The Labute approximate surface area is 127 Å². The van der Waals surface area contributed by atoms with Gasteiger partial charge in [-0.05, 0) is 19.1 Å². The fourth-order valence-corrected chi connectivity index (χ4v) is 2.77. The van der Waals surface area contributed by atoms with Gasteiger partial charge in [-0.3, -0.25) is 0 Å². The summed E-state index contributed by atoms with van der Waals surface area (Å²) in [5.74, 6) is -0.120. The van der Waals surface area contributed by atoms with Crippen molar-refractivity contribution in [2.45, 2.75) is 16.7 Å². The molecule has 2 aromatic rings. The van der Waals surface area contributed by atoms with Crippen molar-refractivity contribution in [1.29, 1.82) is 10.5 Å². The maximum absolute atomic E-state index is 10.0. The Kier molecular flexibility index (Phi) is 4.37. The fraction of sp³-hybridized carbons (Fsp3) is 0.125. The van der Waals surface area contributed by atoms with Crippen LogP contribution in [0.25, 0.3) is 0 Å². The lowest BCUT2D eigenvalue weighted by Crippen LogP contribution is -1.93. The number of hydrogen-bond acceptors (Lipinski definition) is 5. The van der Waals surface area contributed by atoms with E-state index in [-0.39, 0.29) is 17.1 Å². The van der Waals surface area contributed by atoms with Gasteiger partial charge in [-0.1, -0.05) is 29.5 Å². The molecule has 104 valence electrons. The lowest BCUT2D eigenvalue weighted by Gasteiger charge is -2.11. The molecule has 5 heteroatoms. The van der Waals surface area contributed by atoms with Crippen LogP contribution in [0.4, 0.5) is 0 Å². The zero-order valence-corrected chi connectivity index (χ0v) is 12.4. The molecule has 2 aromatic carbocycles. The van der Waals surface area contributed by atoms with Crippen LogP contribution in [0.15, 0.2) is 40.1 Å². The molecule has 0 fully saturated rings. The van der Waals surface area contributed by atoms with E-state index >= 15 is 0 Å². The Hall–Kier alpha value is -2.63. The van der Waals surface area contributed by atoms with Crippen LogP contribution in [0.1, 0.15) is 16.7 Å². The normalized spacial score (nSPS) is 9.71. The van der Waals surface area contributed by atoms with Crippen LogP contribution >= 0.6 is 11.8 Å². The van der Waals surface area contributed by atoms with E-state index in [4.69, 9.17) is 4.74 Å². The highest BCUT2D eigenvalue weighted by Crippen LogP contribution is 2.41. The summed E-state index contributed by atoms with van der Waals surface area (Å²) in [7, 11) is 1.38. The molecule has 0 aliphatic heterocycles. The van der Waals surface area contributed by atoms with Crippen LogP contribution in [-0.4, -0.2) is 12.2 Å². The van der Waals surface area contributed by atoms with Gasteiger partial charge in [0.15, 0.2) is 11.5 Å². The van der Waals surface area contributed by atoms with Gasteiger partial charge in [0, 0.05) is 11.0 Å². The topological polar surface area (TPSA) is 77.0 Å². The van der Waals surface area contributed by atoms with E-state index in [1.165, 1.54) is 24.9 Å². The van der Waals surface area contributed by atoms with E-state index in [1.54, 1.807) is 0 Å². The molecule has 0 amide bonds. The number of methoxy groups -OCH3 is 1. The van der Waals surface area contributed by atoms with E-state index in [0.717, 1.165) is 10.5 Å². The summed E-state index contributed by atoms with van der Waals surface area (Å²) in [6.45, 7) is 1.98. The zero-order valence-electron chi connectivity index (χ0n) is 11.5. The number of phenolic OH excluding ortho intramolecular Hbond substituents is 1. The smallest absolute Gasteiger partial charge is 0.177 e. The molecule has 0 aromatic heterocycles. The molecule has 2 rings (SSSR count). The predicted octanol–water partition coefficient (Wildman–Crippen LogP) is 3.60. The van der Waals surface area contributed by atoms with Crippen molar-refractivity contribution in [2.75, 3.05) is 7.11 Å². The second-order valence-corrected chi connectivity index (χ2v) is 5.40. The molecule has 0 aliphatic rings. The number of ether oxygens (including phenoxy) is 1. The Balaban J connectivity index is 2.57. The summed E-state index contributed by atoms with van der Waals surface area (Å²) in [6.07, 6.45) is 0.